The van der Waals surface area contributed by atoms with Gasteiger partial charge in [-0.15, -0.1) is 0 Å². The summed E-state index contributed by atoms with van der Waals surface area (Å²) in [5.41, 5.74) is -0.692. The van der Waals surface area contributed by atoms with E-state index < -0.39 is 5.60 Å². The summed E-state index contributed by atoms with van der Waals surface area (Å²) in [5, 5.41) is 12.7. The fourth-order valence-electron chi connectivity index (χ4n) is 2.41. The molecule has 1 aliphatic rings. The first-order chi connectivity index (χ1) is 9.43. The molecule has 0 aromatic rings. The van der Waals surface area contributed by atoms with Gasteiger partial charge in [-0.3, -0.25) is 14.5 Å². The quantitative estimate of drug-likeness (QED) is 0.519. The van der Waals surface area contributed by atoms with Crippen LogP contribution in [-0.2, 0) is 14.3 Å². The van der Waals surface area contributed by atoms with Gasteiger partial charge in [-0.05, 0) is 39.7 Å². The predicted octanol–water partition coefficient (Wildman–Crippen LogP) is 0.293. The van der Waals surface area contributed by atoms with Crippen LogP contribution in [0.15, 0.2) is 0 Å². The molecule has 6 nitrogen and oxygen atoms in total. The van der Waals surface area contributed by atoms with E-state index in [1.807, 2.05) is 4.90 Å². The van der Waals surface area contributed by atoms with Crippen molar-refractivity contribution < 1.29 is 19.4 Å². The number of hydrogen-bond donors (Lipinski definition) is 2. The number of carbonyl (C=O) groups is 2. The number of carbonyl (C=O) groups excluding carboxylic acids is 2. The summed E-state index contributed by atoms with van der Waals surface area (Å²) in [5.74, 6) is -0.291. The lowest BCUT2D eigenvalue weighted by molar-refractivity contribution is -0.143. The van der Waals surface area contributed by atoms with Gasteiger partial charge in [-0.25, -0.2) is 0 Å². The molecule has 20 heavy (non-hydrogen) atoms. The van der Waals surface area contributed by atoms with Crippen molar-refractivity contribution in [3.05, 3.63) is 0 Å². The summed E-state index contributed by atoms with van der Waals surface area (Å²) in [7, 11) is 0. The number of nitrogens with zero attached hydrogens (tertiary/aromatic N) is 1. The molecule has 1 fully saturated rings. The van der Waals surface area contributed by atoms with E-state index >= 15 is 0 Å². The van der Waals surface area contributed by atoms with Gasteiger partial charge < -0.3 is 15.2 Å². The average molecular weight is 286 g/mol. The summed E-state index contributed by atoms with van der Waals surface area (Å²) < 4.78 is 4.81. The van der Waals surface area contributed by atoms with Crippen LogP contribution < -0.4 is 5.32 Å². The Morgan fingerprint density at radius 3 is 2.85 bits per heavy atom. The molecule has 0 aliphatic carbocycles. The van der Waals surface area contributed by atoms with Crippen LogP contribution in [-0.4, -0.2) is 60.3 Å². The normalized spacial score (nSPS) is 23.4. The van der Waals surface area contributed by atoms with E-state index in [-0.39, 0.29) is 11.9 Å². The lowest BCUT2D eigenvalue weighted by Gasteiger charge is -2.36. The number of hydrogen-bond acceptors (Lipinski definition) is 5. The lowest BCUT2D eigenvalue weighted by atomic mass is 9.95. The Morgan fingerprint density at radius 1 is 1.45 bits per heavy atom. The van der Waals surface area contributed by atoms with E-state index in [9.17, 15) is 14.7 Å². The Morgan fingerprint density at radius 2 is 2.20 bits per heavy atom. The Balaban J connectivity index is 2.13. The highest BCUT2D eigenvalue weighted by atomic mass is 16.5. The minimum atomic E-state index is -0.692. The zero-order chi connectivity index (χ0) is 15.0. The average Bonchev–Trinajstić information content (AvgIpc) is 2.34. The smallest absolute Gasteiger partial charge is 0.305 e. The molecule has 0 aromatic heterocycles. The number of nitrogens with one attached hydrogen (secondary N) is 1. The zero-order valence-corrected chi connectivity index (χ0v) is 12.5. The molecule has 1 amide bonds. The van der Waals surface area contributed by atoms with Crippen molar-refractivity contribution in [1.29, 1.82) is 0 Å². The monoisotopic (exact) mass is 286 g/mol. The summed E-state index contributed by atoms with van der Waals surface area (Å²) in [6.45, 7) is 6.11. The van der Waals surface area contributed by atoms with Gasteiger partial charge in [0.2, 0.25) is 5.91 Å². The molecule has 1 rings (SSSR count). The second-order valence-electron chi connectivity index (χ2n) is 5.57. The van der Waals surface area contributed by atoms with Crippen molar-refractivity contribution in [2.45, 2.75) is 45.1 Å². The van der Waals surface area contributed by atoms with Crippen LogP contribution in [0.4, 0.5) is 0 Å². The fraction of sp³-hybridized carbons (Fsp3) is 0.857. The zero-order valence-electron chi connectivity index (χ0n) is 12.5. The molecular weight excluding hydrogens is 260 g/mol. The number of esters is 1. The fourth-order valence-corrected chi connectivity index (χ4v) is 2.41. The number of piperidine rings is 1. The van der Waals surface area contributed by atoms with Gasteiger partial charge in [-0.2, -0.15) is 0 Å². The van der Waals surface area contributed by atoms with Crippen LogP contribution in [0.2, 0.25) is 0 Å². The van der Waals surface area contributed by atoms with Crippen LogP contribution in [0.25, 0.3) is 0 Å². The molecule has 0 bridgehead atoms. The highest BCUT2D eigenvalue weighted by Gasteiger charge is 2.28. The van der Waals surface area contributed by atoms with Crippen molar-refractivity contribution in [1.82, 2.24) is 10.2 Å². The maximum atomic E-state index is 11.7. The minimum Gasteiger partial charge on any atom is -0.466 e. The molecule has 0 aromatic carbocycles. The molecule has 2 N–H and O–H groups in total. The number of rotatable bonds is 7. The molecule has 0 spiro atoms. The van der Waals surface area contributed by atoms with Crippen LogP contribution in [0.3, 0.4) is 0 Å². The number of amides is 1. The number of ether oxygens (including phenoxy) is 1. The molecular formula is C14H26N2O4. The van der Waals surface area contributed by atoms with Crippen molar-refractivity contribution in [3.8, 4) is 0 Å². The molecule has 6 heteroatoms. The third kappa shape index (κ3) is 6.86. The van der Waals surface area contributed by atoms with Gasteiger partial charge in [0.05, 0.1) is 18.8 Å². The first kappa shape index (κ1) is 16.9. The van der Waals surface area contributed by atoms with E-state index in [0.29, 0.717) is 39.1 Å². The van der Waals surface area contributed by atoms with Crippen molar-refractivity contribution in [3.63, 3.8) is 0 Å². The Labute approximate surface area is 120 Å². The second-order valence-corrected chi connectivity index (χ2v) is 5.57. The molecule has 1 aliphatic heterocycles. The minimum absolute atomic E-state index is 0.0634. The Hall–Kier alpha value is -1.14. The van der Waals surface area contributed by atoms with E-state index in [2.05, 4.69) is 5.32 Å². The number of likely N-dealkylation sites (tertiary alicyclic amines) is 1. The third-order valence-electron chi connectivity index (χ3n) is 3.31. The summed E-state index contributed by atoms with van der Waals surface area (Å²) in [6, 6.07) is 0. The first-order valence-electron chi connectivity index (χ1n) is 7.30. The topological polar surface area (TPSA) is 78.9 Å². The standard InChI is InChI=1S/C14H26N2O4/c1-3-20-13(18)6-4-8-15-12(17)10-16-9-5-7-14(2,19)11-16/h19H,3-11H2,1-2H3,(H,15,17). The van der Waals surface area contributed by atoms with E-state index in [1.54, 1.807) is 13.8 Å². The molecule has 116 valence electrons. The van der Waals surface area contributed by atoms with Crippen LogP contribution in [0.5, 0.6) is 0 Å². The van der Waals surface area contributed by atoms with Crippen molar-refractivity contribution in [2.24, 2.45) is 0 Å². The van der Waals surface area contributed by atoms with E-state index in [1.165, 1.54) is 0 Å². The van der Waals surface area contributed by atoms with E-state index in [0.717, 1.165) is 19.4 Å². The number of aliphatic hydroxyl groups is 1. The molecule has 1 heterocycles. The highest BCUT2D eigenvalue weighted by molar-refractivity contribution is 5.78. The van der Waals surface area contributed by atoms with Gasteiger partial charge in [0.1, 0.15) is 0 Å². The lowest BCUT2D eigenvalue weighted by Crippen LogP contribution is -2.49. The first-order valence-corrected chi connectivity index (χ1v) is 7.30. The molecule has 1 saturated heterocycles. The molecule has 1 unspecified atom stereocenters. The van der Waals surface area contributed by atoms with Gasteiger partial charge in [0.15, 0.2) is 0 Å². The van der Waals surface area contributed by atoms with Gasteiger partial charge in [-0.1, -0.05) is 0 Å². The molecule has 0 radical (unpaired) electrons. The third-order valence-corrected chi connectivity index (χ3v) is 3.31. The van der Waals surface area contributed by atoms with Crippen LogP contribution >= 0.6 is 0 Å². The van der Waals surface area contributed by atoms with Crippen molar-refractivity contribution in [2.75, 3.05) is 32.8 Å². The summed E-state index contributed by atoms with van der Waals surface area (Å²) >= 11 is 0. The maximum absolute atomic E-state index is 11.7. The van der Waals surface area contributed by atoms with Gasteiger partial charge in [0.25, 0.3) is 0 Å². The predicted molar refractivity (Wildman–Crippen MR) is 75.2 cm³/mol. The van der Waals surface area contributed by atoms with Crippen LogP contribution in [0, 0.1) is 0 Å². The summed E-state index contributed by atoms with van der Waals surface area (Å²) in [4.78, 5) is 24.8. The maximum Gasteiger partial charge on any atom is 0.305 e. The van der Waals surface area contributed by atoms with Crippen LogP contribution in [0.1, 0.15) is 39.5 Å². The molecule has 0 saturated carbocycles. The Kier molecular flexibility index (Phi) is 6.95. The van der Waals surface area contributed by atoms with Gasteiger partial charge >= 0.3 is 5.97 Å². The largest absolute Gasteiger partial charge is 0.466 e. The van der Waals surface area contributed by atoms with Crippen molar-refractivity contribution >= 4 is 11.9 Å². The van der Waals surface area contributed by atoms with E-state index in [4.69, 9.17) is 4.74 Å². The highest BCUT2D eigenvalue weighted by Crippen LogP contribution is 2.19. The SMILES string of the molecule is CCOC(=O)CCCNC(=O)CN1CCCC(C)(O)C1. The Bertz CT molecular complexity index is 331. The molecule has 1 atom stereocenters. The van der Waals surface area contributed by atoms with Gasteiger partial charge in [0, 0.05) is 19.5 Å². The summed E-state index contributed by atoms with van der Waals surface area (Å²) in [6.07, 6.45) is 2.60. The second kappa shape index (κ2) is 8.21. The number of β-amino-alcohol motifs (C(OH)–C–C–N with tert-alkyl or cyclic N) is 1.